The molecule has 0 saturated heterocycles. The number of aromatic carboxylic acids is 1. The topological polar surface area (TPSA) is 101 Å². The smallest absolute Gasteiger partial charge is 0.335 e. The van der Waals surface area contributed by atoms with Gasteiger partial charge in [0.05, 0.1) is 19.1 Å². The third-order valence-corrected chi connectivity index (χ3v) is 3.78. The number of ether oxygens (including phenoxy) is 1. The average Bonchev–Trinajstić information content (AvgIpc) is 2.60. The number of rotatable bonds is 7. The van der Waals surface area contributed by atoms with Crippen LogP contribution in [-0.4, -0.2) is 34.9 Å². The van der Waals surface area contributed by atoms with Crippen LogP contribution in [0.5, 0.6) is 11.5 Å². The normalized spacial score (nSPS) is 10.7. The third-order valence-electron chi connectivity index (χ3n) is 3.78. The van der Waals surface area contributed by atoms with Crippen LogP contribution in [0.4, 0.5) is 0 Å². The number of phenolic OH excluding ortho intramolecular Hbond substituents is 1. The molecule has 0 amide bonds. The van der Waals surface area contributed by atoms with Gasteiger partial charge in [0, 0.05) is 5.56 Å². The Labute approximate surface area is 150 Å². The second-order valence-electron chi connectivity index (χ2n) is 5.67. The van der Waals surface area contributed by atoms with Crippen molar-refractivity contribution in [2.45, 2.75) is 13.3 Å². The highest BCUT2D eigenvalue weighted by Gasteiger charge is 2.13. The molecule has 0 aliphatic rings. The number of allylic oxidation sites excluding steroid dienone is 1. The van der Waals surface area contributed by atoms with Crippen molar-refractivity contribution >= 4 is 23.6 Å². The molecule has 0 atom stereocenters. The van der Waals surface area contributed by atoms with Gasteiger partial charge in [-0.15, -0.1) is 0 Å². The Morgan fingerprint density at radius 1 is 1.12 bits per heavy atom. The van der Waals surface area contributed by atoms with Gasteiger partial charge < -0.3 is 14.9 Å². The predicted molar refractivity (Wildman–Crippen MR) is 95.8 cm³/mol. The first-order valence-corrected chi connectivity index (χ1v) is 7.77. The van der Waals surface area contributed by atoms with Crippen molar-refractivity contribution < 1.29 is 29.3 Å². The van der Waals surface area contributed by atoms with E-state index in [9.17, 15) is 19.5 Å². The number of carbonyl (C=O) groups is 3. The molecule has 6 nitrogen and oxygen atoms in total. The zero-order valence-electron chi connectivity index (χ0n) is 14.4. The van der Waals surface area contributed by atoms with Crippen molar-refractivity contribution in [1.29, 1.82) is 0 Å². The van der Waals surface area contributed by atoms with Gasteiger partial charge in [0.1, 0.15) is 0 Å². The Morgan fingerprint density at radius 3 is 2.46 bits per heavy atom. The minimum Gasteiger partial charge on any atom is -0.504 e. The number of phenols is 1. The van der Waals surface area contributed by atoms with Gasteiger partial charge in [-0.1, -0.05) is 18.2 Å². The van der Waals surface area contributed by atoms with Crippen LogP contribution in [0.2, 0.25) is 0 Å². The maximum absolute atomic E-state index is 12.2. The first-order chi connectivity index (χ1) is 12.3. The number of hydrogen-bond acceptors (Lipinski definition) is 5. The van der Waals surface area contributed by atoms with E-state index in [1.807, 2.05) is 0 Å². The van der Waals surface area contributed by atoms with Crippen LogP contribution >= 0.6 is 0 Å². The average molecular weight is 354 g/mol. The molecule has 6 heteroatoms. The summed E-state index contributed by atoms with van der Waals surface area (Å²) in [4.78, 5) is 35.2. The predicted octanol–water partition coefficient (Wildman–Crippen LogP) is 3.26. The summed E-state index contributed by atoms with van der Waals surface area (Å²) in [7, 11) is 1.42. The van der Waals surface area contributed by atoms with E-state index in [2.05, 4.69) is 0 Å². The first-order valence-electron chi connectivity index (χ1n) is 7.77. The molecule has 0 radical (unpaired) electrons. The summed E-state index contributed by atoms with van der Waals surface area (Å²) in [5.74, 6) is -1.56. The standard InChI is InChI=1S/C20H18O6/c1-12-9-14(5-7-16(12)20(24)25)18(23)11-15(21)6-3-13-4-8-17(22)19(10-13)26-2/h3-10,22H,11H2,1-2H3,(H,24,25)/b6-3+. The zero-order valence-corrected chi connectivity index (χ0v) is 14.4. The van der Waals surface area contributed by atoms with Gasteiger partial charge in [-0.3, -0.25) is 9.59 Å². The van der Waals surface area contributed by atoms with E-state index < -0.39 is 5.97 Å². The van der Waals surface area contributed by atoms with Crippen LogP contribution in [0.15, 0.2) is 42.5 Å². The number of benzene rings is 2. The molecule has 0 saturated carbocycles. The maximum atomic E-state index is 12.2. The quantitative estimate of drug-likeness (QED) is 0.450. The number of aromatic hydroxyl groups is 1. The molecule has 2 rings (SSSR count). The number of Topliss-reactive ketones (excluding diaryl/α,β-unsaturated/α-hetero) is 1. The summed E-state index contributed by atoms with van der Waals surface area (Å²) in [5, 5.41) is 18.5. The number of carboxylic acid groups (broad SMARTS) is 1. The van der Waals surface area contributed by atoms with Gasteiger partial charge >= 0.3 is 5.97 Å². The zero-order chi connectivity index (χ0) is 19.3. The minimum absolute atomic E-state index is 0.00803. The van der Waals surface area contributed by atoms with Crippen LogP contribution in [0.1, 0.15) is 38.3 Å². The summed E-state index contributed by atoms with van der Waals surface area (Å²) < 4.78 is 4.99. The van der Waals surface area contributed by atoms with Crippen molar-refractivity contribution in [3.05, 3.63) is 64.7 Å². The molecule has 0 heterocycles. The molecule has 0 bridgehead atoms. The van der Waals surface area contributed by atoms with Crippen LogP contribution in [0, 0.1) is 6.92 Å². The van der Waals surface area contributed by atoms with Crippen molar-refractivity contribution in [2.75, 3.05) is 7.11 Å². The van der Waals surface area contributed by atoms with E-state index in [4.69, 9.17) is 9.84 Å². The monoisotopic (exact) mass is 354 g/mol. The fraction of sp³-hybridized carbons (Fsp3) is 0.150. The molecule has 2 aromatic rings. The molecular formula is C20H18O6. The second kappa shape index (κ2) is 8.11. The Morgan fingerprint density at radius 2 is 1.85 bits per heavy atom. The number of carboxylic acids is 1. The van der Waals surface area contributed by atoms with Crippen LogP contribution in [-0.2, 0) is 4.79 Å². The Balaban J connectivity index is 2.06. The van der Waals surface area contributed by atoms with Gasteiger partial charge in [-0.25, -0.2) is 4.79 Å². The highest BCUT2D eigenvalue weighted by Crippen LogP contribution is 2.26. The van der Waals surface area contributed by atoms with E-state index in [1.54, 1.807) is 19.1 Å². The summed E-state index contributed by atoms with van der Waals surface area (Å²) in [5.41, 5.74) is 1.51. The van der Waals surface area contributed by atoms with Gasteiger partial charge in [0.2, 0.25) is 0 Å². The van der Waals surface area contributed by atoms with Crippen molar-refractivity contribution in [3.8, 4) is 11.5 Å². The van der Waals surface area contributed by atoms with Crippen LogP contribution in [0.25, 0.3) is 6.08 Å². The van der Waals surface area contributed by atoms with E-state index in [0.29, 0.717) is 16.7 Å². The Kier molecular flexibility index (Phi) is 5.90. The molecule has 0 spiro atoms. The number of methoxy groups -OCH3 is 1. The highest BCUT2D eigenvalue weighted by atomic mass is 16.5. The van der Waals surface area contributed by atoms with Gasteiger partial charge in [-0.05, 0) is 48.4 Å². The van der Waals surface area contributed by atoms with E-state index in [0.717, 1.165) is 0 Å². The third kappa shape index (κ3) is 4.57. The van der Waals surface area contributed by atoms with Crippen molar-refractivity contribution in [2.24, 2.45) is 0 Å². The number of hydrogen-bond donors (Lipinski definition) is 2. The molecule has 0 aliphatic heterocycles. The second-order valence-corrected chi connectivity index (χ2v) is 5.67. The Hall–Kier alpha value is -3.41. The highest BCUT2D eigenvalue weighted by molar-refractivity contribution is 6.12. The SMILES string of the molecule is COc1cc(/C=C/C(=O)CC(=O)c2ccc(C(=O)O)c(C)c2)ccc1O. The number of aryl methyl sites for hydroxylation is 1. The lowest BCUT2D eigenvalue weighted by molar-refractivity contribution is -0.113. The van der Waals surface area contributed by atoms with Crippen LogP contribution < -0.4 is 4.74 Å². The maximum Gasteiger partial charge on any atom is 0.335 e. The molecule has 2 aromatic carbocycles. The molecule has 2 N–H and O–H groups in total. The van der Waals surface area contributed by atoms with E-state index >= 15 is 0 Å². The van der Waals surface area contributed by atoms with Crippen molar-refractivity contribution in [3.63, 3.8) is 0 Å². The Bertz CT molecular complexity index is 895. The lowest BCUT2D eigenvalue weighted by Crippen LogP contribution is -2.08. The lowest BCUT2D eigenvalue weighted by atomic mass is 10.00. The number of ketones is 2. The molecule has 0 aromatic heterocycles. The lowest BCUT2D eigenvalue weighted by Gasteiger charge is -2.04. The fourth-order valence-electron chi connectivity index (χ4n) is 2.38. The molecule has 26 heavy (non-hydrogen) atoms. The molecule has 0 unspecified atom stereocenters. The molecule has 0 aliphatic carbocycles. The summed E-state index contributed by atoms with van der Waals surface area (Å²) in [6.45, 7) is 1.60. The van der Waals surface area contributed by atoms with Gasteiger partial charge in [-0.2, -0.15) is 0 Å². The van der Waals surface area contributed by atoms with E-state index in [1.165, 1.54) is 43.5 Å². The largest absolute Gasteiger partial charge is 0.504 e. The molecular weight excluding hydrogens is 336 g/mol. The fourth-order valence-corrected chi connectivity index (χ4v) is 2.38. The summed E-state index contributed by atoms with van der Waals surface area (Å²) >= 11 is 0. The summed E-state index contributed by atoms with van der Waals surface area (Å²) in [6.07, 6.45) is 2.48. The minimum atomic E-state index is -1.06. The first kappa shape index (κ1) is 18.9. The molecule has 0 fully saturated rings. The van der Waals surface area contributed by atoms with Crippen LogP contribution in [0.3, 0.4) is 0 Å². The van der Waals surface area contributed by atoms with E-state index in [-0.39, 0.29) is 35.0 Å². The van der Waals surface area contributed by atoms with Gasteiger partial charge in [0.15, 0.2) is 23.1 Å². The van der Waals surface area contributed by atoms with Gasteiger partial charge in [0.25, 0.3) is 0 Å². The molecule has 134 valence electrons. The number of carbonyl (C=O) groups excluding carboxylic acids is 2. The van der Waals surface area contributed by atoms with Crippen molar-refractivity contribution in [1.82, 2.24) is 0 Å². The summed E-state index contributed by atoms with van der Waals surface area (Å²) in [6, 6.07) is 8.84.